The minimum atomic E-state index is -0.546. The maximum atomic E-state index is 12.0. The summed E-state index contributed by atoms with van der Waals surface area (Å²) in [5, 5.41) is 3.48. The third-order valence-corrected chi connectivity index (χ3v) is 3.50. The summed E-state index contributed by atoms with van der Waals surface area (Å²) in [6.45, 7) is 2.37. The van der Waals surface area contributed by atoms with Crippen LogP contribution in [-0.4, -0.2) is 18.6 Å². The van der Waals surface area contributed by atoms with Crippen molar-refractivity contribution >= 4 is 17.5 Å². The summed E-state index contributed by atoms with van der Waals surface area (Å²) in [4.78, 5) is 12.0. The number of amides is 1. The normalized spacial score (nSPS) is 11.7. The first kappa shape index (κ1) is 16.4. The molecule has 4 heteroatoms. The number of nitrogens with one attached hydrogen (secondary N) is 1. The van der Waals surface area contributed by atoms with E-state index in [0.29, 0.717) is 17.3 Å². The molecule has 0 heterocycles. The average molecular weight is 318 g/mol. The highest BCUT2D eigenvalue weighted by molar-refractivity contribution is 6.30. The van der Waals surface area contributed by atoms with Gasteiger partial charge in [0, 0.05) is 11.6 Å². The van der Waals surface area contributed by atoms with E-state index >= 15 is 0 Å². The maximum absolute atomic E-state index is 12.0. The number of carbonyl (C=O) groups is 1. The first-order valence-electron chi connectivity index (χ1n) is 7.39. The van der Waals surface area contributed by atoms with Gasteiger partial charge in [0.05, 0.1) is 0 Å². The lowest BCUT2D eigenvalue weighted by Crippen LogP contribution is -2.36. The summed E-state index contributed by atoms with van der Waals surface area (Å²) in [6.07, 6.45) is 1.31. The Morgan fingerprint density at radius 1 is 1.18 bits per heavy atom. The molecule has 116 valence electrons. The van der Waals surface area contributed by atoms with E-state index < -0.39 is 6.10 Å². The van der Waals surface area contributed by atoms with E-state index in [0.717, 1.165) is 12.8 Å². The zero-order valence-corrected chi connectivity index (χ0v) is 13.3. The van der Waals surface area contributed by atoms with Gasteiger partial charge >= 0.3 is 0 Å². The van der Waals surface area contributed by atoms with E-state index in [9.17, 15) is 4.79 Å². The summed E-state index contributed by atoms with van der Waals surface area (Å²) < 4.78 is 5.58. The van der Waals surface area contributed by atoms with E-state index in [1.165, 1.54) is 5.56 Å². The van der Waals surface area contributed by atoms with Crippen LogP contribution in [0.15, 0.2) is 54.6 Å². The third kappa shape index (κ3) is 5.41. The number of carbonyl (C=O) groups excluding carboxylic acids is 1. The summed E-state index contributed by atoms with van der Waals surface area (Å²) in [7, 11) is 0. The molecule has 0 spiro atoms. The molecule has 0 fully saturated rings. The van der Waals surface area contributed by atoms with E-state index in [-0.39, 0.29) is 5.91 Å². The van der Waals surface area contributed by atoms with Gasteiger partial charge in [-0.05, 0) is 43.5 Å². The van der Waals surface area contributed by atoms with Crippen LogP contribution in [-0.2, 0) is 11.2 Å². The minimum Gasteiger partial charge on any atom is -0.481 e. The van der Waals surface area contributed by atoms with Crippen molar-refractivity contribution in [2.45, 2.75) is 25.9 Å². The molecule has 0 aromatic heterocycles. The highest BCUT2D eigenvalue weighted by Gasteiger charge is 2.13. The van der Waals surface area contributed by atoms with Gasteiger partial charge in [-0.3, -0.25) is 4.79 Å². The van der Waals surface area contributed by atoms with Gasteiger partial charge in [0.2, 0.25) is 0 Å². The van der Waals surface area contributed by atoms with Crippen molar-refractivity contribution in [3.63, 3.8) is 0 Å². The predicted octanol–water partition coefficient (Wildman–Crippen LogP) is 3.86. The number of aryl methyl sites for hydroxylation is 1. The van der Waals surface area contributed by atoms with Gasteiger partial charge < -0.3 is 10.1 Å². The van der Waals surface area contributed by atoms with E-state index in [1.54, 1.807) is 31.2 Å². The number of halogens is 1. The molecule has 0 radical (unpaired) electrons. The molecule has 0 aliphatic carbocycles. The quantitative estimate of drug-likeness (QED) is 0.788. The van der Waals surface area contributed by atoms with Gasteiger partial charge in [-0.2, -0.15) is 0 Å². The van der Waals surface area contributed by atoms with Crippen LogP contribution in [0.3, 0.4) is 0 Å². The molecule has 3 nitrogen and oxygen atoms in total. The van der Waals surface area contributed by atoms with Gasteiger partial charge in [0.15, 0.2) is 6.10 Å². The largest absolute Gasteiger partial charge is 0.481 e. The number of hydrogen-bond donors (Lipinski definition) is 1. The topological polar surface area (TPSA) is 38.3 Å². The van der Waals surface area contributed by atoms with Crippen LogP contribution in [0.4, 0.5) is 0 Å². The van der Waals surface area contributed by atoms with Gasteiger partial charge in [0.1, 0.15) is 5.75 Å². The van der Waals surface area contributed by atoms with E-state index in [4.69, 9.17) is 16.3 Å². The van der Waals surface area contributed by atoms with Crippen molar-refractivity contribution in [3.8, 4) is 5.75 Å². The Hall–Kier alpha value is -2.00. The first-order chi connectivity index (χ1) is 10.6. The second-order valence-electron chi connectivity index (χ2n) is 5.10. The molecule has 0 saturated carbocycles. The Kier molecular flexibility index (Phi) is 6.28. The predicted molar refractivity (Wildman–Crippen MR) is 89.3 cm³/mol. The average Bonchev–Trinajstić information content (AvgIpc) is 2.52. The SMILES string of the molecule is CC(Oc1cccc(Cl)c1)C(=O)NCCCc1ccccc1. The summed E-state index contributed by atoms with van der Waals surface area (Å²) in [5.74, 6) is 0.479. The van der Waals surface area contributed by atoms with Gasteiger partial charge in [0.25, 0.3) is 5.91 Å². The molecule has 1 amide bonds. The monoisotopic (exact) mass is 317 g/mol. The fourth-order valence-corrected chi connectivity index (χ4v) is 2.27. The second kappa shape index (κ2) is 8.44. The Labute approximate surface area is 136 Å². The molecule has 1 unspecified atom stereocenters. The maximum Gasteiger partial charge on any atom is 0.260 e. The van der Waals surface area contributed by atoms with Crippen LogP contribution in [0.2, 0.25) is 5.02 Å². The van der Waals surface area contributed by atoms with Crippen LogP contribution in [0.5, 0.6) is 5.75 Å². The van der Waals surface area contributed by atoms with Crippen LogP contribution in [0, 0.1) is 0 Å². The Balaban J connectivity index is 1.70. The Bertz CT molecular complexity index is 601. The smallest absolute Gasteiger partial charge is 0.260 e. The standard InChI is InChI=1S/C18H20ClNO2/c1-14(22-17-11-5-10-16(19)13-17)18(21)20-12-6-9-15-7-3-2-4-8-15/h2-5,7-8,10-11,13-14H,6,9,12H2,1H3,(H,20,21). The molecule has 0 bridgehead atoms. The Morgan fingerprint density at radius 2 is 1.95 bits per heavy atom. The lowest BCUT2D eigenvalue weighted by Gasteiger charge is -2.14. The molecule has 0 saturated heterocycles. The zero-order chi connectivity index (χ0) is 15.8. The van der Waals surface area contributed by atoms with Crippen molar-refractivity contribution in [1.82, 2.24) is 5.32 Å². The van der Waals surface area contributed by atoms with Crippen molar-refractivity contribution < 1.29 is 9.53 Å². The minimum absolute atomic E-state index is 0.118. The lowest BCUT2D eigenvalue weighted by atomic mass is 10.1. The Morgan fingerprint density at radius 3 is 2.68 bits per heavy atom. The third-order valence-electron chi connectivity index (χ3n) is 3.26. The summed E-state index contributed by atoms with van der Waals surface area (Å²) in [5.41, 5.74) is 1.28. The van der Waals surface area contributed by atoms with Crippen LogP contribution in [0.1, 0.15) is 18.9 Å². The molecule has 22 heavy (non-hydrogen) atoms. The van der Waals surface area contributed by atoms with Crippen molar-refractivity contribution in [2.75, 3.05) is 6.54 Å². The molecule has 2 aromatic rings. The van der Waals surface area contributed by atoms with Crippen molar-refractivity contribution in [1.29, 1.82) is 0 Å². The number of ether oxygens (including phenoxy) is 1. The highest BCUT2D eigenvalue weighted by atomic mass is 35.5. The summed E-state index contributed by atoms with van der Waals surface area (Å²) >= 11 is 5.89. The first-order valence-corrected chi connectivity index (χ1v) is 7.77. The zero-order valence-electron chi connectivity index (χ0n) is 12.6. The van der Waals surface area contributed by atoms with Gasteiger partial charge in [-0.1, -0.05) is 48.0 Å². The lowest BCUT2D eigenvalue weighted by molar-refractivity contribution is -0.127. The molecule has 2 rings (SSSR count). The molecule has 1 N–H and O–H groups in total. The second-order valence-corrected chi connectivity index (χ2v) is 5.53. The van der Waals surface area contributed by atoms with Gasteiger partial charge in [-0.25, -0.2) is 0 Å². The highest BCUT2D eigenvalue weighted by Crippen LogP contribution is 2.18. The molecule has 2 aromatic carbocycles. The van der Waals surface area contributed by atoms with Crippen LogP contribution < -0.4 is 10.1 Å². The van der Waals surface area contributed by atoms with Crippen LogP contribution in [0.25, 0.3) is 0 Å². The fraction of sp³-hybridized carbons (Fsp3) is 0.278. The number of hydrogen-bond acceptors (Lipinski definition) is 2. The molecule has 0 aliphatic heterocycles. The van der Waals surface area contributed by atoms with Crippen LogP contribution >= 0.6 is 11.6 Å². The summed E-state index contributed by atoms with van der Waals surface area (Å²) in [6, 6.07) is 17.3. The van der Waals surface area contributed by atoms with Gasteiger partial charge in [-0.15, -0.1) is 0 Å². The van der Waals surface area contributed by atoms with Crippen molar-refractivity contribution in [3.05, 3.63) is 65.2 Å². The van der Waals surface area contributed by atoms with E-state index in [2.05, 4.69) is 17.4 Å². The van der Waals surface area contributed by atoms with Crippen molar-refractivity contribution in [2.24, 2.45) is 0 Å². The molecular formula is C18H20ClNO2. The number of benzene rings is 2. The molecule has 0 aliphatic rings. The number of rotatable bonds is 7. The molecule has 1 atom stereocenters. The fourth-order valence-electron chi connectivity index (χ4n) is 2.09. The van der Waals surface area contributed by atoms with E-state index in [1.807, 2.05) is 18.2 Å². The molecular weight excluding hydrogens is 298 g/mol.